The average Bonchev–Trinajstić information content (AvgIpc) is 3.03. The van der Waals surface area contributed by atoms with Crippen molar-refractivity contribution in [2.45, 2.75) is 17.2 Å². The topological polar surface area (TPSA) is 61.8 Å². The molecule has 2 aromatic carbocycles. The highest BCUT2D eigenvalue weighted by molar-refractivity contribution is 7.98. The predicted octanol–water partition coefficient (Wildman–Crippen LogP) is 2.87. The molecule has 0 bridgehead atoms. The maximum Gasteiger partial charge on any atom is 0.259 e. The molecule has 3 rings (SSSR count). The van der Waals surface area contributed by atoms with Crippen LogP contribution in [0.1, 0.15) is 23.5 Å². The number of carbonyl (C=O) groups is 2. The third-order valence-corrected chi connectivity index (χ3v) is 5.08. The number of nitrogens with one attached hydrogen (secondary N) is 1. The lowest BCUT2D eigenvalue weighted by atomic mass is 9.99. The van der Waals surface area contributed by atoms with E-state index in [1.54, 1.807) is 22.9 Å². The van der Waals surface area contributed by atoms with Crippen molar-refractivity contribution in [2.24, 2.45) is 5.10 Å². The lowest BCUT2D eigenvalue weighted by molar-refractivity contribution is -0.133. The summed E-state index contributed by atoms with van der Waals surface area (Å²) in [5, 5.41) is 3.97. The molecule has 5 nitrogen and oxygen atoms in total. The first kappa shape index (κ1) is 18.2. The third-order valence-electron chi connectivity index (χ3n) is 4.34. The first-order chi connectivity index (χ1) is 12.7. The second-order valence-electron chi connectivity index (χ2n) is 6.15. The standard InChI is InChI=1S/C20H21N3O2S/c1-26-18-9-7-15(8-10-18)12-21-22-19(24)14-23-13-17(11-20(23)25)16-5-3-2-4-6-16/h2-10,12,17H,11,13-14H2,1H3,(H,22,24)/b21-12-/t17-/m1/s1. The highest BCUT2D eigenvalue weighted by atomic mass is 32.2. The van der Waals surface area contributed by atoms with Gasteiger partial charge in [0.1, 0.15) is 6.54 Å². The van der Waals surface area contributed by atoms with Crippen LogP contribution in [0.2, 0.25) is 0 Å². The van der Waals surface area contributed by atoms with Crippen LogP contribution in [0, 0.1) is 0 Å². The van der Waals surface area contributed by atoms with E-state index in [9.17, 15) is 9.59 Å². The summed E-state index contributed by atoms with van der Waals surface area (Å²) in [5.74, 6) is -0.135. The van der Waals surface area contributed by atoms with E-state index in [1.807, 2.05) is 60.9 Å². The lowest BCUT2D eigenvalue weighted by Gasteiger charge is -2.15. The molecule has 1 aliphatic heterocycles. The van der Waals surface area contributed by atoms with Crippen molar-refractivity contribution in [2.75, 3.05) is 19.3 Å². The van der Waals surface area contributed by atoms with E-state index in [2.05, 4.69) is 10.5 Å². The zero-order chi connectivity index (χ0) is 18.4. The van der Waals surface area contributed by atoms with Crippen LogP contribution < -0.4 is 5.43 Å². The number of likely N-dealkylation sites (tertiary alicyclic amines) is 1. The zero-order valence-corrected chi connectivity index (χ0v) is 15.4. The Kier molecular flexibility index (Phi) is 6.07. The van der Waals surface area contributed by atoms with Gasteiger partial charge in [-0.05, 0) is 29.5 Å². The van der Waals surface area contributed by atoms with Crippen LogP contribution in [0.15, 0.2) is 64.6 Å². The summed E-state index contributed by atoms with van der Waals surface area (Å²) in [6, 6.07) is 17.8. The largest absolute Gasteiger partial charge is 0.333 e. The number of carbonyl (C=O) groups excluding carboxylic acids is 2. The quantitative estimate of drug-likeness (QED) is 0.485. The van der Waals surface area contributed by atoms with Gasteiger partial charge in [-0.2, -0.15) is 5.10 Å². The van der Waals surface area contributed by atoms with Gasteiger partial charge in [0, 0.05) is 23.8 Å². The van der Waals surface area contributed by atoms with Gasteiger partial charge in [-0.3, -0.25) is 9.59 Å². The highest BCUT2D eigenvalue weighted by Crippen LogP contribution is 2.27. The van der Waals surface area contributed by atoms with Gasteiger partial charge in [-0.15, -0.1) is 11.8 Å². The van der Waals surface area contributed by atoms with E-state index in [4.69, 9.17) is 0 Å². The van der Waals surface area contributed by atoms with Gasteiger partial charge >= 0.3 is 0 Å². The van der Waals surface area contributed by atoms with E-state index >= 15 is 0 Å². The van der Waals surface area contributed by atoms with E-state index in [0.29, 0.717) is 13.0 Å². The Morgan fingerprint density at radius 3 is 2.65 bits per heavy atom. The van der Waals surface area contributed by atoms with Gasteiger partial charge in [0.2, 0.25) is 5.91 Å². The number of hydrazone groups is 1. The van der Waals surface area contributed by atoms with E-state index in [1.165, 1.54) is 4.90 Å². The number of benzene rings is 2. The summed E-state index contributed by atoms with van der Waals surface area (Å²) in [4.78, 5) is 27.0. The van der Waals surface area contributed by atoms with Gasteiger partial charge < -0.3 is 4.90 Å². The molecule has 0 unspecified atom stereocenters. The third kappa shape index (κ3) is 4.73. The molecule has 1 aliphatic rings. The number of amides is 2. The molecule has 2 aromatic rings. The van der Waals surface area contributed by atoms with Crippen LogP contribution in [0.4, 0.5) is 0 Å². The van der Waals surface area contributed by atoms with E-state index < -0.39 is 0 Å². The summed E-state index contributed by atoms with van der Waals surface area (Å²) >= 11 is 1.67. The lowest BCUT2D eigenvalue weighted by Crippen LogP contribution is -2.36. The Bertz CT molecular complexity index is 790. The Balaban J connectivity index is 1.50. The summed E-state index contributed by atoms with van der Waals surface area (Å²) < 4.78 is 0. The number of hydrogen-bond donors (Lipinski definition) is 1. The highest BCUT2D eigenvalue weighted by Gasteiger charge is 2.31. The molecule has 1 N–H and O–H groups in total. The normalized spacial score (nSPS) is 17.0. The number of thioether (sulfide) groups is 1. The van der Waals surface area contributed by atoms with E-state index in [0.717, 1.165) is 11.1 Å². The minimum absolute atomic E-state index is 0.00522. The Hall–Kier alpha value is -2.60. The predicted molar refractivity (Wildman–Crippen MR) is 104 cm³/mol. The van der Waals surface area contributed by atoms with Crippen molar-refractivity contribution in [3.05, 3.63) is 65.7 Å². The monoisotopic (exact) mass is 367 g/mol. The number of nitrogens with zero attached hydrogens (tertiary/aromatic N) is 2. The van der Waals surface area contributed by atoms with Crippen LogP contribution in [0.3, 0.4) is 0 Å². The molecule has 0 radical (unpaired) electrons. The van der Waals surface area contributed by atoms with Gasteiger partial charge in [0.25, 0.3) is 5.91 Å². The van der Waals surface area contributed by atoms with Gasteiger partial charge in [-0.1, -0.05) is 42.5 Å². The van der Waals surface area contributed by atoms with Crippen LogP contribution in [-0.4, -0.2) is 42.3 Å². The van der Waals surface area contributed by atoms with Crippen LogP contribution in [0.25, 0.3) is 0 Å². The minimum atomic E-state index is -0.288. The van der Waals surface area contributed by atoms with Crippen molar-refractivity contribution in [1.82, 2.24) is 10.3 Å². The molecule has 1 saturated heterocycles. The summed E-state index contributed by atoms with van der Waals surface area (Å²) in [7, 11) is 0. The fourth-order valence-corrected chi connectivity index (χ4v) is 3.36. The Labute approximate surface area is 157 Å². The zero-order valence-electron chi connectivity index (χ0n) is 14.6. The maximum absolute atomic E-state index is 12.2. The second-order valence-corrected chi connectivity index (χ2v) is 7.03. The van der Waals surface area contributed by atoms with Crippen molar-refractivity contribution in [3.63, 3.8) is 0 Å². The van der Waals surface area contributed by atoms with Crippen molar-refractivity contribution >= 4 is 29.8 Å². The molecule has 2 amide bonds. The number of hydrogen-bond acceptors (Lipinski definition) is 4. The summed E-state index contributed by atoms with van der Waals surface area (Å²) in [6.07, 6.45) is 4.06. The fraction of sp³-hybridized carbons (Fsp3) is 0.250. The van der Waals surface area contributed by atoms with Crippen LogP contribution in [0.5, 0.6) is 0 Å². The molecule has 1 heterocycles. The van der Waals surface area contributed by atoms with Crippen molar-refractivity contribution in [3.8, 4) is 0 Å². The van der Waals surface area contributed by atoms with Gasteiger partial charge in [0.05, 0.1) is 6.21 Å². The molecule has 1 fully saturated rings. The molecule has 6 heteroatoms. The summed E-state index contributed by atoms with van der Waals surface area (Å²) in [6.45, 7) is 0.598. The average molecular weight is 367 g/mol. The fourth-order valence-electron chi connectivity index (χ4n) is 2.95. The Morgan fingerprint density at radius 2 is 1.96 bits per heavy atom. The molecule has 26 heavy (non-hydrogen) atoms. The first-order valence-electron chi connectivity index (χ1n) is 8.44. The maximum atomic E-state index is 12.2. The van der Waals surface area contributed by atoms with Crippen LogP contribution >= 0.6 is 11.8 Å². The molecular formula is C20H21N3O2S. The molecule has 134 valence electrons. The smallest absolute Gasteiger partial charge is 0.259 e. The SMILES string of the molecule is CSc1ccc(/C=N\NC(=O)CN2C[C@H](c3ccccc3)CC2=O)cc1. The van der Waals surface area contributed by atoms with Crippen molar-refractivity contribution in [1.29, 1.82) is 0 Å². The van der Waals surface area contributed by atoms with E-state index in [-0.39, 0.29) is 24.3 Å². The molecule has 0 saturated carbocycles. The molecular weight excluding hydrogens is 346 g/mol. The molecule has 0 spiro atoms. The molecule has 0 aliphatic carbocycles. The second kappa shape index (κ2) is 8.67. The van der Waals surface area contributed by atoms with Gasteiger partial charge in [0.15, 0.2) is 0 Å². The summed E-state index contributed by atoms with van der Waals surface area (Å²) in [5.41, 5.74) is 4.53. The Morgan fingerprint density at radius 1 is 1.23 bits per heavy atom. The van der Waals surface area contributed by atoms with Crippen LogP contribution in [-0.2, 0) is 9.59 Å². The van der Waals surface area contributed by atoms with Crippen molar-refractivity contribution < 1.29 is 9.59 Å². The van der Waals surface area contributed by atoms with Gasteiger partial charge in [-0.25, -0.2) is 5.43 Å². The molecule has 0 aromatic heterocycles. The first-order valence-corrected chi connectivity index (χ1v) is 9.67. The minimum Gasteiger partial charge on any atom is -0.333 e. The molecule has 1 atom stereocenters. The number of rotatable bonds is 6.